The Kier molecular flexibility index (Phi) is 6.41. The van der Waals surface area contributed by atoms with Crippen molar-refractivity contribution in [1.82, 2.24) is 4.90 Å². The molecule has 9 heteroatoms. The molecule has 192 valence electrons. The molecular formula is C28H27NO8. The monoisotopic (exact) mass is 505 g/mol. The number of hydrogen-bond acceptors (Lipinski definition) is 7. The lowest BCUT2D eigenvalue weighted by atomic mass is 9.59. The summed E-state index contributed by atoms with van der Waals surface area (Å²) in [6, 6.07) is 7.11. The van der Waals surface area contributed by atoms with E-state index >= 15 is 0 Å². The van der Waals surface area contributed by atoms with Crippen molar-refractivity contribution < 1.29 is 38.9 Å². The number of carboxylic acids is 1. The van der Waals surface area contributed by atoms with Gasteiger partial charge in [0.1, 0.15) is 12.4 Å². The third-order valence-electron chi connectivity index (χ3n) is 7.78. The highest BCUT2D eigenvalue weighted by molar-refractivity contribution is 6.24. The Bertz CT molecular complexity index is 1320. The van der Waals surface area contributed by atoms with E-state index in [4.69, 9.17) is 9.84 Å². The van der Waals surface area contributed by atoms with Gasteiger partial charge in [0.15, 0.2) is 11.6 Å². The molecular weight excluding hydrogens is 478 g/mol. The van der Waals surface area contributed by atoms with Crippen LogP contribution < -0.4 is 4.74 Å². The molecule has 4 atom stereocenters. The van der Waals surface area contributed by atoms with Gasteiger partial charge in [-0.3, -0.25) is 28.9 Å². The molecule has 0 radical (unpaired) electrons. The van der Waals surface area contributed by atoms with E-state index in [-0.39, 0.29) is 50.6 Å². The number of ketones is 2. The van der Waals surface area contributed by atoms with Gasteiger partial charge < -0.3 is 14.9 Å². The van der Waals surface area contributed by atoms with E-state index in [1.54, 1.807) is 25.1 Å². The summed E-state index contributed by atoms with van der Waals surface area (Å²) in [4.78, 5) is 65.4. The summed E-state index contributed by atoms with van der Waals surface area (Å²) < 4.78 is 5.79. The average Bonchev–Trinajstić information content (AvgIpc) is 3.13. The zero-order chi connectivity index (χ0) is 26.4. The van der Waals surface area contributed by atoms with E-state index in [9.17, 15) is 29.1 Å². The van der Waals surface area contributed by atoms with Crippen molar-refractivity contribution in [2.24, 2.45) is 17.8 Å². The summed E-state index contributed by atoms with van der Waals surface area (Å²) in [5.74, 6) is -4.51. The standard InChI is InChI=1S/C28H27NO8/c1-14-12-20(31)19-13-18-15(6-7-17-24(18)28(36)29(27(17)35)9-8-22(32)33)23(25(19)26(14)34)16-4-2-3-5-21(16)37-11-10-30/h2-6,12,17-18,23-24,30H,7-11,13H2,1H3,(H,32,33). The number of aliphatic carboxylic acids is 1. The van der Waals surface area contributed by atoms with Gasteiger partial charge in [-0.1, -0.05) is 29.8 Å². The van der Waals surface area contributed by atoms with Crippen LogP contribution in [-0.2, 0) is 24.0 Å². The van der Waals surface area contributed by atoms with Gasteiger partial charge in [0.05, 0.1) is 24.9 Å². The molecule has 4 unspecified atom stereocenters. The van der Waals surface area contributed by atoms with Crippen LogP contribution in [0.1, 0.15) is 37.7 Å². The van der Waals surface area contributed by atoms with Gasteiger partial charge in [0, 0.05) is 34.7 Å². The lowest BCUT2D eigenvalue weighted by Gasteiger charge is -2.42. The molecule has 2 N–H and O–H groups in total. The molecule has 1 aromatic carbocycles. The first-order chi connectivity index (χ1) is 17.7. The van der Waals surface area contributed by atoms with Crippen LogP contribution in [0.5, 0.6) is 5.75 Å². The van der Waals surface area contributed by atoms with Crippen molar-refractivity contribution in [3.63, 3.8) is 0 Å². The molecule has 0 bridgehead atoms. The van der Waals surface area contributed by atoms with Crippen molar-refractivity contribution in [2.45, 2.75) is 32.1 Å². The number of ether oxygens (including phenoxy) is 1. The van der Waals surface area contributed by atoms with Crippen LogP contribution in [0.3, 0.4) is 0 Å². The summed E-state index contributed by atoms with van der Waals surface area (Å²) in [5, 5.41) is 18.4. The second kappa shape index (κ2) is 9.55. The quantitative estimate of drug-likeness (QED) is 0.326. The molecule has 9 nitrogen and oxygen atoms in total. The highest BCUT2D eigenvalue weighted by Gasteiger charge is 2.56. The fourth-order valence-electron chi connectivity index (χ4n) is 6.22. The van der Waals surface area contributed by atoms with Gasteiger partial charge in [-0.05, 0) is 37.8 Å². The molecule has 4 aliphatic rings. The van der Waals surface area contributed by atoms with Crippen LogP contribution in [0.25, 0.3) is 0 Å². The molecule has 1 saturated heterocycles. The lowest BCUT2D eigenvalue weighted by Crippen LogP contribution is -2.40. The maximum absolute atomic E-state index is 13.5. The van der Waals surface area contributed by atoms with Gasteiger partial charge in [-0.25, -0.2) is 0 Å². The SMILES string of the molecule is CC1=CC(=O)C2=C(C1=O)C(c1ccccc1OCCO)C1=CCC3C(=O)N(CCC(=O)O)C(=O)C3C1C2. The van der Waals surface area contributed by atoms with E-state index < -0.39 is 41.5 Å². The van der Waals surface area contributed by atoms with Gasteiger partial charge >= 0.3 is 5.97 Å². The average molecular weight is 506 g/mol. The van der Waals surface area contributed by atoms with Crippen LogP contribution >= 0.6 is 0 Å². The fraction of sp³-hybridized carbons (Fsp3) is 0.393. The highest BCUT2D eigenvalue weighted by atomic mass is 16.5. The number of aliphatic hydroxyl groups excluding tert-OH is 1. The summed E-state index contributed by atoms with van der Waals surface area (Å²) in [6.07, 6.45) is 3.31. The minimum absolute atomic E-state index is 0.0418. The number of carbonyl (C=O) groups is 5. The first kappa shape index (κ1) is 24.8. The lowest BCUT2D eigenvalue weighted by molar-refractivity contribution is -0.142. The Hall–Kier alpha value is -3.85. The topological polar surface area (TPSA) is 138 Å². The Morgan fingerprint density at radius 1 is 1.11 bits per heavy atom. The summed E-state index contributed by atoms with van der Waals surface area (Å²) in [7, 11) is 0. The Morgan fingerprint density at radius 2 is 1.86 bits per heavy atom. The number of carbonyl (C=O) groups excluding carboxylic acids is 4. The van der Waals surface area contributed by atoms with Gasteiger partial charge in [0.2, 0.25) is 11.8 Å². The Labute approximate surface area is 213 Å². The highest BCUT2D eigenvalue weighted by Crippen LogP contribution is 2.56. The molecule has 1 aliphatic heterocycles. The number of imide groups is 1. The van der Waals surface area contributed by atoms with E-state index in [1.807, 2.05) is 12.1 Å². The third kappa shape index (κ3) is 4.03. The van der Waals surface area contributed by atoms with Crippen LogP contribution in [0, 0.1) is 17.8 Å². The minimum atomic E-state index is -1.10. The number of hydrogen-bond donors (Lipinski definition) is 2. The van der Waals surface area contributed by atoms with Crippen molar-refractivity contribution in [2.75, 3.05) is 19.8 Å². The fourth-order valence-corrected chi connectivity index (χ4v) is 6.22. The van der Waals surface area contributed by atoms with Crippen LogP contribution in [0.4, 0.5) is 0 Å². The van der Waals surface area contributed by atoms with Gasteiger partial charge in [-0.15, -0.1) is 0 Å². The largest absolute Gasteiger partial charge is 0.491 e. The van der Waals surface area contributed by atoms with E-state index in [2.05, 4.69) is 0 Å². The number of para-hydroxylation sites is 1. The number of aliphatic hydroxyl groups is 1. The number of allylic oxidation sites excluding steroid dienone is 6. The smallest absolute Gasteiger partial charge is 0.305 e. The maximum Gasteiger partial charge on any atom is 0.305 e. The zero-order valence-corrected chi connectivity index (χ0v) is 20.3. The van der Waals surface area contributed by atoms with Crippen molar-refractivity contribution in [1.29, 1.82) is 0 Å². The molecule has 37 heavy (non-hydrogen) atoms. The summed E-state index contributed by atoms with van der Waals surface area (Å²) in [5.41, 5.74) is 2.47. The number of fused-ring (bicyclic) bond motifs is 3. The molecule has 2 amide bonds. The predicted octanol–water partition coefficient (Wildman–Crippen LogP) is 1.96. The van der Waals surface area contributed by atoms with Crippen molar-refractivity contribution in [3.05, 3.63) is 64.3 Å². The summed E-state index contributed by atoms with van der Waals surface area (Å²) in [6.45, 7) is 1.24. The third-order valence-corrected chi connectivity index (χ3v) is 7.78. The number of nitrogens with zero attached hydrogens (tertiary/aromatic N) is 1. The van der Waals surface area contributed by atoms with Crippen molar-refractivity contribution in [3.8, 4) is 5.75 Å². The number of likely N-dealkylation sites (tertiary alicyclic amines) is 1. The molecule has 3 aliphatic carbocycles. The Morgan fingerprint density at radius 3 is 2.59 bits per heavy atom. The predicted molar refractivity (Wildman–Crippen MR) is 129 cm³/mol. The van der Waals surface area contributed by atoms with Crippen LogP contribution in [0.15, 0.2) is 58.7 Å². The van der Waals surface area contributed by atoms with Gasteiger partial charge in [0.25, 0.3) is 0 Å². The van der Waals surface area contributed by atoms with E-state index in [1.165, 1.54) is 6.08 Å². The van der Waals surface area contributed by atoms with Crippen LogP contribution in [0.2, 0.25) is 0 Å². The zero-order valence-electron chi connectivity index (χ0n) is 20.3. The minimum Gasteiger partial charge on any atom is -0.491 e. The molecule has 1 aromatic rings. The molecule has 0 spiro atoms. The number of benzene rings is 1. The molecule has 5 rings (SSSR count). The second-order valence-electron chi connectivity index (χ2n) is 9.81. The first-order valence-electron chi connectivity index (χ1n) is 12.3. The normalized spacial score (nSPS) is 26.9. The van der Waals surface area contributed by atoms with Crippen molar-refractivity contribution >= 4 is 29.4 Å². The first-order valence-corrected chi connectivity index (χ1v) is 12.3. The maximum atomic E-state index is 13.5. The Balaban J connectivity index is 1.63. The number of Topliss-reactive ketones (excluding diaryl/α,β-unsaturated/α-hetero) is 1. The molecule has 0 aromatic heterocycles. The molecule has 1 heterocycles. The number of amides is 2. The number of rotatable bonds is 7. The second-order valence-corrected chi connectivity index (χ2v) is 9.81. The molecule has 1 fully saturated rings. The van der Waals surface area contributed by atoms with Gasteiger partial charge in [-0.2, -0.15) is 0 Å². The van der Waals surface area contributed by atoms with Crippen LogP contribution in [-0.4, -0.2) is 64.2 Å². The summed E-state index contributed by atoms with van der Waals surface area (Å²) >= 11 is 0. The number of carboxylic acid groups (broad SMARTS) is 1. The molecule has 0 saturated carbocycles. The van der Waals surface area contributed by atoms with E-state index in [0.717, 1.165) is 10.5 Å². The van der Waals surface area contributed by atoms with E-state index in [0.29, 0.717) is 28.0 Å².